The second kappa shape index (κ2) is 7.28. The maximum absolute atomic E-state index is 5.41. The molecule has 1 heterocycles. The first kappa shape index (κ1) is 17.0. The van der Waals surface area contributed by atoms with Crippen molar-refractivity contribution in [2.45, 2.75) is 32.4 Å². The molecule has 1 aliphatic rings. The minimum atomic E-state index is 0. The number of nitrogens with one attached hydrogen (secondary N) is 1. The standard InChI is InChI=1S/C19H23NO.ClH/c1-13-8-14(2)10-16(9-13)18-11-15-6-4-5-7-17(15)19(20-18)12-21-3;/h4-10,18-20H,11-12H2,1-3H3;1H/t18-,19?;/m0./s1. The summed E-state index contributed by atoms with van der Waals surface area (Å²) in [5.41, 5.74) is 6.84. The number of hydrogen-bond acceptors (Lipinski definition) is 2. The average Bonchev–Trinajstić information content (AvgIpc) is 2.46. The van der Waals surface area contributed by atoms with Crippen LogP contribution >= 0.6 is 12.4 Å². The fraction of sp³-hybridized carbons (Fsp3) is 0.368. The van der Waals surface area contributed by atoms with Crippen molar-refractivity contribution in [3.63, 3.8) is 0 Å². The van der Waals surface area contributed by atoms with Gasteiger partial charge < -0.3 is 10.1 Å². The first-order chi connectivity index (χ1) is 10.2. The topological polar surface area (TPSA) is 21.3 Å². The van der Waals surface area contributed by atoms with Gasteiger partial charge in [-0.25, -0.2) is 0 Å². The minimum Gasteiger partial charge on any atom is -0.383 e. The zero-order chi connectivity index (χ0) is 14.8. The van der Waals surface area contributed by atoms with Gasteiger partial charge >= 0.3 is 0 Å². The molecular weight excluding hydrogens is 294 g/mol. The molecule has 3 rings (SSSR count). The molecule has 0 aliphatic carbocycles. The quantitative estimate of drug-likeness (QED) is 0.911. The number of benzene rings is 2. The number of halogens is 1. The first-order valence-electron chi connectivity index (χ1n) is 7.58. The smallest absolute Gasteiger partial charge is 0.0657 e. The van der Waals surface area contributed by atoms with E-state index in [-0.39, 0.29) is 18.4 Å². The highest BCUT2D eigenvalue weighted by molar-refractivity contribution is 5.85. The summed E-state index contributed by atoms with van der Waals surface area (Å²) in [4.78, 5) is 0. The van der Waals surface area contributed by atoms with E-state index < -0.39 is 0 Å². The van der Waals surface area contributed by atoms with Crippen LogP contribution in [0, 0.1) is 13.8 Å². The molecule has 1 aliphatic heterocycles. The second-order valence-electron chi connectivity index (χ2n) is 6.05. The molecule has 2 aromatic rings. The van der Waals surface area contributed by atoms with Crippen molar-refractivity contribution in [3.05, 3.63) is 70.3 Å². The molecule has 3 heteroatoms. The monoisotopic (exact) mass is 317 g/mol. The Bertz CT molecular complexity index is 621. The molecule has 1 N–H and O–H groups in total. The van der Waals surface area contributed by atoms with Crippen LogP contribution < -0.4 is 5.32 Å². The van der Waals surface area contributed by atoms with Gasteiger partial charge in [0, 0.05) is 13.2 Å². The van der Waals surface area contributed by atoms with E-state index in [2.05, 4.69) is 61.6 Å². The van der Waals surface area contributed by atoms with Gasteiger partial charge in [0.2, 0.25) is 0 Å². The van der Waals surface area contributed by atoms with E-state index in [4.69, 9.17) is 4.74 Å². The second-order valence-corrected chi connectivity index (χ2v) is 6.05. The molecule has 0 amide bonds. The predicted octanol–water partition coefficient (Wildman–Crippen LogP) is 4.30. The molecule has 0 fully saturated rings. The van der Waals surface area contributed by atoms with Crippen molar-refractivity contribution in [2.24, 2.45) is 0 Å². The number of methoxy groups -OCH3 is 1. The Balaban J connectivity index is 0.00000176. The number of ether oxygens (including phenoxy) is 1. The molecule has 2 nitrogen and oxygen atoms in total. The molecule has 1 unspecified atom stereocenters. The lowest BCUT2D eigenvalue weighted by Crippen LogP contribution is -2.35. The number of rotatable bonds is 3. The largest absolute Gasteiger partial charge is 0.383 e. The van der Waals surface area contributed by atoms with Crippen molar-refractivity contribution in [3.8, 4) is 0 Å². The SMILES string of the molecule is COCC1N[C@H](c2cc(C)cc(C)c2)Cc2ccccc21.Cl. The van der Waals surface area contributed by atoms with E-state index in [1.54, 1.807) is 7.11 Å². The number of aryl methyl sites for hydroxylation is 2. The molecule has 2 aromatic carbocycles. The van der Waals surface area contributed by atoms with Crippen LogP contribution in [-0.2, 0) is 11.2 Å². The van der Waals surface area contributed by atoms with Crippen LogP contribution in [0.5, 0.6) is 0 Å². The van der Waals surface area contributed by atoms with Gasteiger partial charge in [-0.2, -0.15) is 0 Å². The van der Waals surface area contributed by atoms with Crippen molar-refractivity contribution in [1.29, 1.82) is 0 Å². The zero-order valence-electron chi connectivity index (χ0n) is 13.4. The van der Waals surface area contributed by atoms with Gasteiger partial charge in [0.1, 0.15) is 0 Å². The molecule has 118 valence electrons. The number of fused-ring (bicyclic) bond motifs is 1. The van der Waals surface area contributed by atoms with Crippen LogP contribution in [-0.4, -0.2) is 13.7 Å². The lowest BCUT2D eigenvalue weighted by atomic mass is 9.87. The van der Waals surface area contributed by atoms with E-state index in [1.807, 2.05) is 0 Å². The summed E-state index contributed by atoms with van der Waals surface area (Å²) in [6.07, 6.45) is 1.04. The van der Waals surface area contributed by atoms with E-state index >= 15 is 0 Å². The zero-order valence-corrected chi connectivity index (χ0v) is 14.2. The fourth-order valence-corrected chi connectivity index (χ4v) is 3.40. The fourth-order valence-electron chi connectivity index (χ4n) is 3.40. The van der Waals surface area contributed by atoms with Crippen molar-refractivity contribution in [1.82, 2.24) is 5.32 Å². The summed E-state index contributed by atoms with van der Waals surface area (Å²) in [5.74, 6) is 0. The van der Waals surface area contributed by atoms with Crippen LogP contribution in [0.2, 0.25) is 0 Å². The maximum Gasteiger partial charge on any atom is 0.0657 e. The summed E-state index contributed by atoms with van der Waals surface area (Å²) in [6.45, 7) is 5.04. The van der Waals surface area contributed by atoms with Gasteiger partial charge in [-0.05, 0) is 37.0 Å². The van der Waals surface area contributed by atoms with Crippen LogP contribution in [0.25, 0.3) is 0 Å². The lowest BCUT2D eigenvalue weighted by Gasteiger charge is -2.33. The van der Waals surface area contributed by atoms with Crippen molar-refractivity contribution >= 4 is 12.4 Å². The van der Waals surface area contributed by atoms with E-state index in [0.29, 0.717) is 12.6 Å². The van der Waals surface area contributed by atoms with Gasteiger partial charge in [0.25, 0.3) is 0 Å². The molecule has 0 radical (unpaired) electrons. The Morgan fingerprint density at radius 1 is 1.09 bits per heavy atom. The van der Waals surface area contributed by atoms with Crippen molar-refractivity contribution < 1.29 is 4.74 Å². The number of hydrogen-bond donors (Lipinski definition) is 1. The molecule has 2 atom stereocenters. The van der Waals surface area contributed by atoms with Gasteiger partial charge in [-0.15, -0.1) is 12.4 Å². The summed E-state index contributed by atoms with van der Waals surface area (Å²) in [7, 11) is 1.77. The third kappa shape index (κ3) is 3.52. The molecular formula is C19H24ClNO. The molecule has 0 spiro atoms. The van der Waals surface area contributed by atoms with Gasteiger partial charge in [0.15, 0.2) is 0 Å². The van der Waals surface area contributed by atoms with Crippen LogP contribution in [0.15, 0.2) is 42.5 Å². The molecule has 22 heavy (non-hydrogen) atoms. The van der Waals surface area contributed by atoms with Crippen LogP contribution in [0.1, 0.15) is 39.9 Å². The van der Waals surface area contributed by atoms with E-state index in [0.717, 1.165) is 6.42 Å². The third-order valence-corrected chi connectivity index (χ3v) is 4.24. The average molecular weight is 318 g/mol. The highest BCUT2D eigenvalue weighted by atomic mass is 35.5. The first-order valence-corrected chi connectivity index (χ1v) is 7.58. The summed E-state index contributed by atoms with van der Waals surface area (Å²) in [5, 5.41) is 3.76. The highest BCUT2D eigenvalue weighted by Gasteiger charge is 2.26. The van der Waals surface area contributed by atoms with Gasteiger partial charge in [-0.3, -0.25) is 0 Å². The van der Waals surface area contributed by atoms with Gasteiger partial charge in [0.05, 0.1) is 12.6 Å². The Labute approximate surface area is 139 Å². The van der Waals surface area contributed by atoms with Gasteiger partial charge in [-0.1, -0.05) is 53.6 Å². The third-order valence-electron chi connectivity index (χ3n) is 4.24. The normalized spacial score (nSPS) is 20.1. The highest BCUT2D eigenvalue weighted by Crippen LogP contribution is 2.32. The Morgan fingerprint density at radius 2 is 1.77 bits per heavy atom. The summed E-state index contributed by atoms with van der Waals surface area (Å²) in [6, 6.07) is 16.1. The van der Waals surface area contributed by atoms with E-state index in [9.17, 15) is 0 Å². The Hall–Kier alpha value is -1.35. The van der Waals surface area contributed by atoms with Crippen LogP contribution in [0.3, 0.4) is 0 Å². The molecule has 0 saturated heterocycles. The maximum atomic E-state index is 5.41. The van der Waals surface area contributed by atoms with Crippen LogP contribution in [0.4, 0.5) is 0 Å². The summed E-state index contributed by atoms with van der Waals surface area (Å²) < 4.78 is 5.41. The molecule has 0 bridgehead atoms. The lowest BCUT2D eigenvalue weighted by molar-refractivity contribution is 0.156. The molecule has 0 saturated carbocycles. The Kier molecular flexibility index (Phi) is 5.63. The van der Waals surface area contributed by atoms with Crippen molar-refractivity contribution in [2.75, 3.05) is 13.7 Å². The predicted molar refractivity (Wildman–Crippen MR) is 93.8 cm³/mol. The minimum absolute atomic E-state index is 0. The molecule has 0 aromatic heterocycles. The Morgan fingerprint density at radius 3 is 2.45 bits per heavy atom. The summed E-state index contributed by atoms with van der Waals surface area (Å²) >= 11 is 0. The van der Waals surface area contributed by atoms with E-state index in [1.165, 1.54) is 27.8 Å².